The Hall–Kier alpha value is -2.54. The van der Waals surface area contributed by atoms with Crippen molar-refractivity contribution in [2.75, 3.05) is 7.05 Å². The molecule has 0 saturated heterocycles. The van der Waals surface area contributed by atoms with E-state index in [1.807, 2.05) is 17.7 Å². The lowest BCUT2D eigenvalue weighted by molar-refractivity contribution is 0.139. The first kappa shape index (κ1) is 15.0. The average molecular weight is 324 g/mol. The quantitative estimate of drug-likeness (QED) is 0.715. The van der Waals surface area contributed by atoms with Gasteiger partial charge in [-0.1, -0.05) is 35.5 Å². The maximum atomic E-state index is 5.51. The van der Waals surface area contributed by atoms with Gasteiger partial charge in [0.15, 0.2) is 5.82 Å². The van der Waals surface area contributed by atoms with Crippen LogP contribution in [-0.4, -0.2) is 36.9 Å². The smallest absolute Gasteiger partial charge is 0.245 e. The Labute approximate surface area is 140 Å². The molecule has 1 unspecified atom stereocenters. The summed E-state index contributed by atoms with van der Waals surface area (Å²) < 4.78 is 7.56. The van der Waals surface area contributed by atoms with Gasteiger partial charge in [0.05, 0.1) is 6.54 Å². The molecule has 1 atom stereocenters. The Bertz CT molecular complexity index is 796. The number of hydrogen-bond acceptors (Lipinski definition) is 6. The molecule has 4 rings (SSSR count). The summed E-state index contributed by atoms with van der Waals surface area (Å²) >= 11 is 0. The van der Waals surface area contributed by atoms with Gasteiger partial charge in [-0.25, -0.2) is 0 Å². The Morgan fingerprint density at radius 1 is 1.21 bits per heavy atom. The molecule has 1 aliphatic heterocycles. The van der Waals surface area contributed by atoms with Crippen LogP contribution in [0.15, 0.2) is 41.2 Å². The van der Waals surface area contributed by atoms with Gasteiger partial charge < -0.3 is 9.09 Å². The molecule has 0 spiro atoms. The van der Waals surface area contributed by atoms with Crippen molar-refractivity contribution in [3.05, 3.63) is 59.8 Å². The van der Waals surface area contributed by atoms with E-state index >= 15 is 0 Å². The van der Waals surface area contributed by atoms with Crippen molar-refractivity contribution < 1.29 is 4.52 Å². The molecule has 0 radical (unpaired) electrons. The molecule has 124 valence electrons. The summed E-state index contributed by atoms with van der Waals surface area (Å²) in [6.07, 6.45) is 4.62. The summed E-state index contributed by atoms with van der Waals surface area (Å²) in [5.41, 5.74) is 1.34. The number of hydrogen-bond donors (Lipinski definition) is 0. The first-order chi connectivity index (χ1) is 11.8. The molecule has 3 heterocycles. The van der Waals surface area contributed by atoms with Gasteiger partial charge >= 0.3 is 0 Å². The van der Waals surface area contributed by atoms with Crippen LogP contribution in [0.1, 0.15) is 35.6 Å². The molecule has 7 heteroatoms. The Kier molecular flexibility index (Phi) is 4.08. The van der Waals surface area contributed by atoms with Gasteiger partial charge in [-0.2, -0.15) is 4.98 Å². The summed E-state index contributed by atoms with van der Waals surface area (Å²) in [7, 11) is 2.04. The van der Waals surface area contributed by atoms with Gasteiger partial charge in [0, 0.05) is 13.0 Å². The second-order valence-corrected chi connectivity index (χ2v) is 6.22. The van der Waals surface area contributed by atoms with Crippen LogP contribution in [0.5, 0.6) is 0 Å². The van der Waals surface area contributed by atoms with Crippen LogP contribution >= 0.6 is 0 Å². The van der Waals surface area contributed by atoms with E-state index in [1.54, 1.807) is 6.33 Å². The van der Waals surface area contributed by atoms with E-state index in [1.165, 1.54) is 5.56 Å². The number of nitrogens with zero attached hydrogens (tertiary/aromatic N) is 6. The highest BCUT2D eigenvalue weighted by molar-refractivity contribution is 5.14. The number of likely N-dealkylation sites (N-methyl/N-ethyl adjacent to an activating group) is 1. The molecule has 0 bridgehead atoms. The van der Waals surface area contributed by atoms with E-state index < -0.39 is 0 Å². The molecule has 3 aromatic rings. The molecular weight excluding hydrogens is 304 g/mol. The van der Waals surface area contributed by atoms with Crippen molar-refractivity contribution in [1.82, 2.24) is 29.8 Å². The monoisotopic (exact) mass is 324 g/mol. The summed E-state index contributed by atoms with van der Waals surface area (Å²) in [6, 6.07) is 10.5. The van der Waals surface area contributed by atoms with Crippen LogP contribution in [0.2, 0.25) is 0 Å². The van der Waals surface area contributed by atoms with Crippen molar-refractivity contribution in [2.24, 2.45) is 0 Å². The predicted molar refractivity (Wildman–Crippen MR) is 87.0 cm³/mol. The molecule has 0 fully saturated rings. The molecule has 1 aliphatic rings. The summed E-state index contributed by atoms with van der Waals surface area (Å²) in [5.74, 6) is 2.42. The maximum Gasteiger partial charge on any atom is 0.245 e. The zero-order valence-electron chi connectivity index (χ0n) is 13.7. The van der Waals surface area contributed by atoms with E-state index in [-0.39, 0.29) is 6.04 Å². The Morgan fingerprint density at radius 2 is 2.08 bits per heavy atom. The Morgan fingerprint density at radius 3 is 2.96 bits per heavy atom. The lowest BCUT2D eigenvalue weighted by Crippen LogP contribution is -2.34. The fourth-order valence-corrected chi connectivity index (χ4v) is 3.08. The predicted octanol–water partition coefficient (Wildman–Crippen LogP) is 2.02. The molecule has 2 aromatic heterocycles. The number of aryl methyl sites for hydroxylation is 2. The highest BCUT2D eigenvalue weighted by Gasteiger charge is 2.29. The van der Waals surface area contributed by atoms with E-state index in [4.69, 9.17) is 4.52 Å². The molecule has 1 aromatic carbocycles. The highest BCUT2D eigenvalue weighted by Crippen LogP contribution is 2.26. The number of aromatic nitrogens is 5. The lowest BCUT2D eigenvalue weighted by Gasteiger charge is -2.29. The van der Waals surface area contributed by atoms with E-state index in [0.29, 0.717) is 5.89 Å². The minimum absolute atomic E-state index is 0.0730. The van der Waals surface area contributed by atoms with Crippen molar-refractivity contribution >= 4 is 0 Å². The molecule has 7 nitrogen and oxygen atoms in total. The van der Waals surface area contributed by atoms with Gasteiger partial charge in [0.25, 0.3) is 0 Å². The van der Waals surface area contributed by atoms with Crippen LogP contribution in [0.25, 0.3) is 0 Å². The minimum atomic E-state index is 0.0730. The molecule has 0 aliphatic carbocycles. The number of fused-ring (bicyclic) bond motifs is 1. The Balaban J connectivity index is 1.38. The molecule has 24 heavy (non-hydrogen) atoms. The van der Waals surface area contributed by atoms with E-state index in [2.05, 4.69) is 49.5 Å². The van der Waals surface area contributed by atoms with Gasteiger partial charge in [0.1, 0.15) is 18.2 Å². The molecular formula is C17H20N6O. The van der Waals surface area contributed by atoms with Gasteiger partial charge in [0.2, 0.25) is 5.89 Å². The largest absolute Gasteiger partial charge is 0.338 e. The SMILES string of the molecule is CN1Cc2nncn2CC1c1nc(CCCc2ccccc2)no1. The zero-order valence-corrected chi connectivity index (χ0v) is 13.7. The van der Waals surface area contributed by atoms with Crippen LogP contribution in [0.4, 0.5) is 0 Å². The van der Waals surface area contributed by atoms with Crippen LogP contribution in [-0.2, 0) is 25.9 Å². The van der Waals surface area contributed by atoms with Crippen molar-refractivity contribution in [2.45, 2.75) is 38.4 Å². The van der Waals surface area contributed by atoms with E-state index in [9.17, 15) is 0 Å². The van der Waals surface area contributed by atoms with Crippen molar-refractivity contribution in [3.63, 3.8) is 0 Å². The number of rotatable bonds is 5. The second kappa shape index (κ2) is 6.52. The highest BCUT2D eigenvalue weighted by atomic mass is 16.5. The first-order valence-corrected chi connectivity index (χ1v) is 8.23. The summed E-state index contributed by atoms with van der Waals surface area (Å²) in [5, 5.41) is 12.2. The van der Waals surface area contributed by atoms with E-state index in [0.717, 1.165) is 44.0 Å². The normalized spacial score (nSPS) is 17.8. The molecule has 0 amide bonds. The number of benzene rings is 1. The summed E-state index contributed by atoms with van der Waals surface area (Å²) in [4.78, 5) is 6.77. The third-order valence-corrected chi connectivity index (χ3v) is 4.47. The van der Waals surface area contributed by atoms with Gasteiger partial charge in [-0.05, 0) is 25.5 Å². The van der Waals surface area contributed by atoms with Crippen LogP contribution in [0, 0.1) is 0 Å². The van der Waals surface area contributed by atoms with Crippen LogP contribution in [0.3, 0.4) is 0 Å². The third-order valence-electron chi connectivity index (χ3n) is 4.47. The first-order valence-electron chi connectivity index (χ1n) is 8.23. The average Bonchev–Trinajstić information content (AvgIpc) is 3.24. The zero-order chi connectivity index (χ0) is 16.4. The fraction of sp³-hybridized carbons (Fsp3) is 0.412. The van der Waals surface area contributed by atoms with Crippen molar-refractivity contribution in [1.29, 1.82) is 0 Å². The lowest BCUT2D eigenvalue weighted by atomic mass is 10.1. The van der Waals surface area contributed by atoms with Gasteiger partial charge in [-0.3, -0.25) is 4.90 Å². The molecule has 0 saturated carbocycles. The maximum absolute atomic E-state index is 5.51. The summed E-state index contributed by atoms with van der Waals surface area (Å²) in [6.45, 7) is 1.47. The third kappa shape index (κ3) is 3.07. The van der Waals surface area contributed by atoms with Gasteiger partial charge in [-0.15, -0.1) is 10.2 Å². The van der Waals surface area contributed by atoms with Crippen molar-refractivity contribution in [3.8, 4) is 0 Å². The standard InChI is InChI=1S/C17H20N6O/c1-22-11-16-20-18-12-23(16)10-14(22)17-19-15(21-24-17)9-5-8-13-6-3-2-4-7-13/h2-4,6-7,12,14H,5,8-11H2,1H3. The molecule has 0 N–H and O–H groups in total. The second-order valence-electron chi connectivity index (χ2n) is 6.22. The van der Waals surface area contributed by atoms with Crippen LogP contribution < -0.4 is 0 Å². The topological polar surface area (TPSA) is 72.9 Å². The fourth-order valence-electron chi connectivity index (χ4n) is 3.08. The minimum Gasteiger partial charge on any atom is -0.338 e.